The molecule has 0 radical (unpaired) electrons. The number of hydrogen-bond acceptors (Lipinski definition) is 3. The molecule has 0 aromatic carbocycles. The standard InChI is InChI=1S/C13H13N3O/c14-11-6-10(11)9-1-2-12(16-7-9)8-3-4-15-13(17)5-8/h1-5,7,10-11H,6,14H2,(H,15,17)/t10-,11+/m0/s1. The van der Waals surface area contributed by atoms with Crippen LogP contribution < -0.4 is 11.3 Å². The molecule has 0 saturated heterocycles. The molecule has 3 N–H and O–H groups in total. The highest BCUT2D eigenvalue weighted by atomic mass is 16.1. The minimum atomic E-state index is -0.113. The van der Waals surface area contributed by atoms with Crippen molar-refractivity contribution in [2.45, 2.75) is 18.4 Å². The highest BCUT2D eigenvalue weighted by Crippen LogP contribution is 2.38. The van der Waals surface area contributed by atoms with E-state index >= 15 is 0 Å². The molecule has 1 fully saturated rings. The Morgan fingerprint density at radius 2 is 2.18 bits per heavy atom. The fraction of sp³-hybridized carbons (Fsp3) is 0.231. The molecule has 0 aliphatic heterocycles. The summed E-state index contributed by atoms with van der Waals surface area (Å²) in [7, 11) is 0. The lowest BCUT2D eigenvalue weighted by Gasteiger charge is -2.02. The summed E-state index contributed by atoms with van der Waals surface area (Å²) in [6.45, 7) is 0. The van der Waals surface area contributed by atoms with Crippen molar-refractivity contribution in [2.24, 2.45) is 5.73 Å². The highest BCUT2D eigenvalue weighted by Gasteiger charge is 2.34. The Morgan fingerprint density at radius 1 is 1.35 bits per heavy atom. The van der Waals surface area contributed by atoms with Gasteiger partial charge in [-0.2, -0.15) is 0 Å². The van der Waals surface area contributed by atoms with Gasteiger partial charge in [0.05, 0.1) is 5.69 Å². The van der Waals surface area contributed by atoms with Gasteiger partial charge in [-0.15, -0.1) is 0 Å². The van der Waals surface area contributed by atoms with Crippen LogP contribution in [0.1, 0.15) is 17.9 Å². The van der Waals surface area contributed by atoms with E-state index in [4.69, 9.17) is 5.73 Å². The SMILES string of the molecule is N[C@@H]1C[C@H]1c1ccc(-c2cc[nH]c(=O)c2)nc1. The molecule has 3 rings (SSSR count). The van der Waals surface area contributed by atoms with Crippen molar-refractivity contribution in [1.82, 2.24) is 9.97 Å². The van der Waals surface area contributed by atoms with Crippen LogP contribution in [0.3, 0.4) is 0 Å². The van der Waals surface area contributed by atoms with Crippen molar-refractivity contribution in [1.29, 1.82) is 0 Å². The predicted molar refractivity (Wildman–Crippen MR) is 65.6 cm³/mol. The monoisotopic (exact) mass is 227 g/mol. The van der Waals surface area contributed by atoms with Crippen molar-refractivity contribution in [2.75, 3.05) is 0 Å². The lowest BCUT2D eigenvalue weighted by atomic mass is 10.1. The summed E-state index contributed by atoms with van der Waals surface area (Å²) in [6.07, 6.45) is 4.53. The Balaban J connectivity index is 1.92. The second-order valence-electron chi connectivity index (χ2n) is 4.42. The van der Waals surface area contributed by atoms with Gasteiger partial charge in [0.25, 0.3) is 0 Å². The third kappa shape index (κ3) is 1.99. The van der Waals surface area contributed by atoms with Gasteiger partial charge in [0.2, 0.25) is 5.56 Å². The molecule has 86 valence electrons. The van der Waals surface area contributed by atoms with Crippen molar-refractivity contribution in [3.63, 3.8) is 0 Å². The summed E-state index contributed by atoms with van der Waals surface area (Å²) < 4.78 is 0. The van der Waals surface area contributed by atoms with Crippen molar-refractivity contribution in [3.8, 4) is 11.3 Å². The number of hydrogen-bond donors (Lipinski definition) is 2. The van der Waals surface area contributed by atoms with E-state index < -0.39 is 0 Å². The number of nitrogens with zero attached hydrogens (tertiary/aromatic N) is 1. The molecule has 2 aromatic rings. The summed E-state index contributed by atoms with van der Waals surface area (Å²) in [6, 6.07) is 7.66. The quantitative estimate of drug-likeness (QED) is 0.811. The Morgan fingerprint density at radius 3 is 2.76 bits per heavy atom. The Kier molecular flexibility index (Phi) is 2.30. The first-order valence-electron chi connectivity index (χ1n) is 5.65. The first kappa shape index (κ1) is 10.2. The van der Waals surface area contributed by atoms with Crippen LogP contribution in [0, 0.1) is 0 Å². The van der Waals surface area contributed by atoms with E-state index in [9.17, 15) is 4.79 Å². The number of nitrogens with one attached hydrogen (secondary N) is 1. The van der Waals surface area contributed by atoms with Crippen LogP contribution >= 0.6 is 0 Å². The summed E-state index contributed by atoms with van der Waals surface area (Å²) in [5.74, 6) is 0.468. The molecule has 4 heteroatoms. The van der Waals surface area contributed by atoms with E-state index in [0.717, 1.165) is 17.7 Å². The fourth-order valence-corrected chi connectivity index (χ4v) is 2.00. The number of aromatic nitrogens is 2. The topological polar surface area (TPSA) is 71.8 Å². The average Bonchev–Trinajstić information content (AvgIpc) is 3.07. The molecule has 2 atom stereocenters. The van der Waals surface area contributed by atoms with Gasteiger partial charge in [0.1, 0.15) is 0 Å². The van der Waals surface area contributed by atoms with Gasteiger partial charge in [-0.3, -0.25) is 9.78 Å². The van der Waals surface area contributed by atoms with Crippen molar-refractivity contribution < 1.29 is 0 Å². The van der Waals surface area contributed by atoms with Gasteiger partial charge in [0, 0.05) is 36.0 Å². The van der Waals surface area contributed by atoms with Gasteiger partial charge >= 0.3 is 0 Å². The molecule has 0 amide bonds. The fourth-order valence-electron chi connectivity index (χ4n) is 2.00. The zero-order valence-corrected chi connectivity index (χ0v) is 9.26. The first-order valence-corrected chi connectivity index (χ1v) is 5.65. The molecule has 1 aliphatic rings. The summed E-state index contributed by atoms with van der Waals surface area (Å²) in [5, 5.41) is 0. The lowest BCUT2D eigenvalue weighted by Crippen LogP contribution is -2.03. The number of pyridine rings is 2. The zero-order valence-electron chi connectivity index (χ0n) is 9.26. The maximum absolute atomic E-state index is 11.2. The summed E-state index contributed by atoms with van der Waals surface area (Å²) >= 11 is 0. The number of H-pyrrole nitrogens is 1. The number of aromatic amines is 1. The van der Waals surface area contributed by atoms with E-state index in [2.05, 4.69) is 9.97 Å². The molecule has 0 unspecified atom stereocenters. The summed E-state index contributed by atoms with van der Waals surface area (Å²) in [4.78, 5) is 18.2. The predicted octanol–water partition coefficient (Wildman–Crippen LogP) is 1.25. The van der Waals surface area contributed by atoms with Gasteiger partial charge in [-0.1, -0.05) is 6.07 Å². The molecule has 2 aromatic heterocycles. The summed E-state index contributed by atoms with van der Waals surface area (Å²) in [5.41, 5.74) is 8.51. The minimum absolute atomic E-state index is 0.113. The van der Waals surface area contributed by atoms with E-state index in [1.165, 1.54) is 5.56 Å². The second kappa shape index (κ2) is 3.82. The van der Waals surface area contributed by atoms with E-state index in [0.29, 0.717) is 12.0 Å². The molecule has 1 saturated carbocycles. The van der Waals surface area contributed by atoms with Crippen molar-refractivity contribution >= 4 is 0 Å². The van der Waals surface area contributed by atoms with Crippen LogP contribution in [0.15, 0.2) is 41.5 Å². The molecule has 1 aliphatic carbocycles. The van der Waals surface area contributed by atoms with Crippen LogP contribution in [-0.4, -0.2) is 16.0 Å². The molecule has 4 nitrogen and oxygen atoms in total. The van der Waals surface area contributed by atoms with E-state index in [1.54, 1.807) is 12.3 Å². The maximum Gasteiger partial charge on any atom is 0.248 e. The number of rotatable bonds is 2. The van der Waals surface area contributed by atoms with E-state index in [1.807, 2.05) is 24.4 Å². The number of nitrogens with two attached hydrogens (primary N) is 1. The van der Waals surface area contributed by atoms with Crippen LogP contribution in [-0.2, 0) is 0 Å². The first-order chi connectivity index (χ1) is 8.24. The van der Waals surface area contributed by atoms with E-state index in [-0.39, 0.29) is 5.56 Å². The van der Waals surface area contributed by atoms with Crippen LogP contribution in [0.2, 0.25) is 0 Å². The largest absolute Gasteiger partial charge is 0.329 e. The highest BCUT2D eigenvalue weighted by molar-refractivity contribution is 5.58. The third-order valence-electron chi connectivity index (χ3n) is 3.13. The van der Waals surface area contributed by atoms with Crippen molar-refractivity contribution in [3.05, 3.63) is 52.6 Å². The molecular formula is C13H13N3O. The third-order valence-corrected chi connectivity index (χ3v) is 3.13. The smallest absolute Gasteiger partial charge is 0.248 e. The van der Waals surface area contributed by atoms with Crippen LogP contribution in [0.25, 0.3) is 11.3 Å². The molecule has 2 heterocycles. The maximum atomic E-state index is 11.2. The molecule has 0 bridgehead atoms. The Hall–Kier alpha value is -1.94. The molecule has 0 spiro atoms. The van der Waals surface area contributed by atoms with Crippen LogP contribution in [0.5, 0.6) is 0 Å². The Bertz CT molecular complexity index is 588. The van der Waals surface area contributed by atoms with Gasteiger partial charge in [0.15, 0.2) is 0 Å². The normalized spacial score (nSPS) is 22.4. The molecule has 17 heavy (non-hydrogen) atoms. The lowest BCUT2D eigenvalue weighted by molar-refractivity contribution is 0.981. The second-order valence-corrected chi connectivity index (χ2v) is 4.42. The Labute approximate surface area is 98.5 Å². The van der Waals surface area contributed by atoms with Crippen LogP contribution in [0.4, 0.5) is 0 Å². The van der Waals surface area contributed by atoms with Gasteiger partial charge in [-0.25, -0.2) is 0 Å². The molecular weight excluding hydrogens is 214 g/mol. The van der Waals surface area contributed by atoms with Gasteiger partial charge < -0.3 is 10.7 Å². The zero-order chi connectivity index (χ0) is 11.8. The average molecular weight is 227 g/mol. The van der Waals surface area contributed by atoms with Gasteiger partial charge in [-0.05, 0) is 24.1 Å². The minimum Gasteiger partial charge on any atom is -0.329 e.